The molecule has 3 heterocycles. The smallest absolute Gasteiger partial charge is 0.336 e. The van der Waals surface area contributed by atoms with Crippen molar-refractivity contribution in [3.63, 3.8) is 0 Å². The van der Waals surface area contributed by atoms with Gasteiger partial charge in [0.15, 0.2) is 5.65 Å². The van der Waals surface area contributed by atoms with E-state index < -0.39 is 23.5 Å². The molecule has 6 nitrogen and oxygen atoms in total. The van der Waals surface area contributed by atoms with E-state index in [0.29, 0.717) is 0 Å². The number of nitrogens with one attached hydrogen (secondary N) is 1. The van der Waals surface area contributed by atoms with Crippen LogP contribution in [-0.4, -0.2) is 39.0 Å². The van der Waals surface area contributed by atoms with Gasteiger partial charge in [0.1, 0.15) is 11.6 Å². The molecule has 2 aromatic heterocycles. The SMILES string of the molecule is O=c1[nH]c(N2CC(F)C2)nc2nn(-c3ccc(C(F)(F)F)cc3Cl)cc12. The first-order valence-electron chi connectivity index (χ1n) is 7.48. The minimum atomic E-state index is -4.52. The third kappa shape index (κ3) is 2.79. The van der Waals surface area contributed by atoms with Gasteiger partial charge in [0.05, 0.1) is 29.4 Å². The molecule has 1 N–H and O–H groups in total. The summed E-state index contributed by atoms with van der Waals surface area (Å²) in [4.78, 5) is 20.5. The summed E-state index contributed by atoms with van der Waals surface area (Å²) in [6.07, 6.45) is -4.16. The second-order valence-electron chi connectivity index (χ2n) is 5.87. The van der Waals surface area contributed by atoms with Crippen LogP contribution in [0.4, 0.5) is 23.5 Å². The van der Waals surface area contributed by atoms with Crippen LogP contribution in [0.2, 0.25) is 5.02 Å². The fraction of sp³-hybridized carbons (Fsp3) is 0.267. The van der Waals surface area contributed by atoms with Gasteiger partial charge >= 0.3 is 6.18 Å². The van der Waals surface area contributed by atoms with E-state index in [1.807, 2.05) is 0 Å². The number of hydrogen-bond acceptors (Lipinski definition) is 4. The Balaban J connectivity index is 1.76. The molecule has 136 valence electrons. The number of benzene rings is 1. The Morgan fingerprint density at radius 1 is 1.27 bits per heavy atom. The minimum absolute atomic E-state index is 0.0852. The number of fused-ring (bicyclic) bond motifs is 1. The molecule has 1 aliphatic rings. The molecule has 0 spiro atoms. The van der Waals surface area contributed by atoms with Crippen LogP contribution in [0.15, 0.2) is 29.2 Å². The summed E-state index contributed by atoms with van der Waals surface area (Å²) < 4.78 is 52.4. The molecule has 4 rings (SSSR count). The Hall–Kier alpha value is -2.62. The molecule has 0 atom stereocenters. The lowest BCUT2D eigenvalue weighted by Crippen LogP contribution is -2.49. The molecule has 0 aliphatic carbocycles. The lowest BCUT2D eigenvalue weighted by molar-refractivity contribution is -0.137. The van der Waals surface area contributed by atoms with Gasteiger partial charge in [0.2, 0.25) is 5.95 Å². The van der Waals surface area contributed by atoms with Crippen molar-refractivity contribution in [2.75, 3.05) is 18.0 Å². The van der Waals surface area contributed by atoms with Gasteiger partial charge in [0, 0.05) is 6.20 Å². The van der Waals surface area contributed by atoms with Crippen molar-refractivity contribution in [3.8, 4) is 5.69 Å². The maximum atomic E-state index is 13.0. The van der Waals surface area contributed by atoms with Gasteiger partial charge in [-0.2, -0.15) is 18.2 Å². The van der Waals surface area contributed by atoms with Crippen LogP contribution in [0, 0.1) is 0 Å². The maximum absolute atomic E-state index is 13.0. The van der Waals surface area contributed by atoms with Gasteiger partial charge in [-0.25, -0.2) is 9.07 Å². The number of anilines is 1. The summed E-state index contributed by atoms with van der Waals surface area (Å²) in [5, 5.41) is 4.08. The minimum Gasteiger partial charge on any atom is -0.336 e. The zero-order valence-electron chi connectivity index (χ0n) is 12.9. The Kier molecular flexibility index (Phi) is 3.69. The molecule has 0 amide bonds. The van der Waals surface area contributed by atoms with E-state index in [9.17, 15) is 22.4 Å². The number of halogens is 5. The summed E-state index contributed by atoms with van der Waals surface area (Å²) >= 11 is 5.95. The zero-order chi connectivity index (χ0) is 18.6. The molecule has 1 fully saturated rings. The van der Waals surface area contributed by atoms with Crippen molar-refractivity contribution >= 4 is 28.6 Å². The summed E-state index contributed by atoms with van der Waals surface area (Å²) in [6, 6.07) is 2.82. The van der Waals surface area contributed by atoms with E-state index >= 15 is 0 Å². The molecule has 0 unspecified atom stereocenters. The summed E-state index contributed by atoms with van der Waals surface area (Å²) in [5.74, 6) is 0.195. The molecule has 1 aromatic carbocycles. The molecule has 0 bridgehead atoms. The van der Waals surface area contributed by atoms with Crippen molar-refractivity contribution in [1.29, 1.82) is 0 Å². The van der Waals surface area contributed by atoms with Crippen molar-refractivity contribution in [2.45, 2.75) is 12.3 Å². The van der Waals surface area contributed by atoms with Crippen LogP contribution in [0.3, 0.4) is 0 Å². The average molecular weight is 388 g/mol. The van der Waals surface area contributed by atoms with E-state index in [-0.39, 0.29) is 40.8 Å². The predicted molar refractivity (Wildman–Crippen MR) is 86.6 cm³/mol. The van der Waals surface area contributed by atoms with E-state index in [2.05, 4.69) is 15.1 Å². The van der Waals surface area contributed by atoms with Crippen molar-refractivity contribution in [3.05, 3.63) is 45.3 Å². The number of aromatic amines is 1. The normalized spacial score (nSPS) is 15.5. The van der Waals surface area contributed by atoms with E-state index in [1.165, 1.54) is 10.9 Å². The highest BCUT2D eigenvalue weighted by molar-refractivity contribution is 6.32. The number of hydrogen-bond donors (Lipinski definition) is 1. The highest BCUT2D eigenvalue weighted by Gasteiger charge is 2.31. The van der Waals surface area contributed by atoms with Gasteiger partial charge in [-0.1, -0.05) is 11.6 Å². The van der Waals surface area contributed by atoms with Crippen LogP contribution < -0.4 is 10.5 Å². The number of alkyl halides is 4. The predicted octanol–water partition coefficient (Wildman–Crippen LogP) is 2.94. The van der Waals surface area contributed by atoms with Gasteiger partial charge in [-0.3, -0.25) is 9.78 Å². The topological polar surface area (TPSA) is 66.8 Å². The quantitative estimate of drug-likeness (QED) is 0.687. The summed E-state index contributed by atoms with van der Waals surface area (Å²) in [6.45, 7) is 0.250. The number of rotatable bonds is 2. The van der Waals surface area contributed by atoms with Crippen LogP contribution in [0.1, 0.15) is 5.56 Å². The van der Waals surface area contributed by atoms with Gasteiger partial charge in [0.25, 0.3) is 5.56 Å². The van der Waals surface area contributed by atoms with Crippen molar-refractivity contribution < 1.29 is 17.6 Å². The number of nitrogens with zero attached hydrogens (tertiary/aromatic N) is 4. The number of aromatic nitrogens is 4. The van der Waals surface area contributed by atoms with Crippen molar-refractivity contribution in [1.82, 2.24) is 19.7 Å². The highest BCUT2D eigenvalue weighted by atomic mass is 35.5. The standard InChI is InChI=1S/C15H10ClF4N5O/c16-10-3-7(15(18,19)20)1-2-11(10)25-6-9-12(23-25)21-14(22-13(9)26)24-4-8(17)5-24/h1-3,6,8H,4-5H2,(H,21,22,23,26). The first-order valence-corrected chi connectivity index (χ1v) is 7.86. The summed E-state index contributed by atoms with van der Waals surface area (Å²) in [7, 11) is 0. The van der Waals surface area contributed by atoms with Crippen molar-refractivity contribution in [2.24, 2.45) is 0 Å². The highest BCUT2D eigenvalue weighted by Crippen LogP contribution is 2.33. The van der Waals surface area contributed by atoms with Crippen LogP contribution in [0.25, 0.3) is 16.7 Å². The largest absolute Gasteiger partial charge is 0.416 e. The zero-order valence-corrected chi connectivity index (χ0v) is 13.6. The molecule has 0 saturated carbocycles. The van der Waals surface area contributed by atoms with E-state index in [1.54, 1.807) is 4.90 Å². The molecular formula is C15H10ClF4N5O. The van der Waals surface area contributed by atoms with Crippen LogP contribution >= 0.6 is 11.6 Å². The van der Waals surface area contributed by atoms with Crippen LogP contribution in [-0.2, 0) is 6.18 Å². The molecule has 0 radical (unpaired) electrons. The fourth-order valence-electron chi connectivity index (χ4n) is 2.64. The van der Waals surface area contributed by atoms with Crippen LogP contribution in [0.5, 0.6) is 0 Å². The molecule has 1 aliphatic heterocycles. The van der Waals surface area contributed by atoms with Gasteiger partial charge in [-0.15, -0.1) is 5.10 Å². The molecule has 3 aromatic rings. The molecular weight excluding hydrogens is 378 g/mol. The Bertz CT molecular complexity index is 1050. The Morgan fingerprint density at radius 3 is 2.62 bits per heavy atom. The average Bonchev–Trinajstić information content (AvgIpc) is 2.95. The second kappa shape index (κ2) is 5.70. The third-order valence-corrected chi connectivity index (χ3v) is 4.34. The van der Waals surface area contributed by atoms with E-state index in [4.69, 9.17) is 11.6 Å². The number of H-pyrrole nitrogens is 1. The molecule has 1 saturated heterocycles. The van der Waals surface area contributed by atoms with Gasteiger partial charge in [-0.05, 0) is 18.2 Å². The van der Waals surface area contributed by atoms with Gasteiger partial charge < -0.3 is 4.90 Å². The molecule has 26 heavy (non-hydrogen) atoms. The first-order chi connectivity index (χ1) is 12.2. The second-order valence-corrected chi connectivity index (χ2v) is 6.27. The monoisotopic (exact) mass is 387 g/mol. The first kappa shape index (κ1) is 16.8. The maximum Gasteiger partial charge on any atom is 0.416 e. The Morgan fingerprint density at radius 2 is 2.00 bits per heavy atom. The Labute approximate surface area is 148 Å². The van der Waals surface area contributed by atoms with E-state index in [0.717, 1.165) is 18.2 Å². The lowest BCUT2D eigenvalue weighted by Gasteiger charge is -2.34. The molecule has 11 heteroatoms. The summed E-state index contributed by atoms with van der Waals surface area (Å²) in [5.41, 5.74) is -1.12. The lowest BCUT2D eigenvalue weighted by atomic mass is 10.2. The fourth-order valence-corrected chi connectivity index (χ4v) is 2.91. The third-order valence-electron chi connectivity index (χ3n) is 4.03.